The molecule has 2 heteroatoms. The van der Waals surface area contributed by atoms with E-state index in [1.54, 1.807) is 20.8 Å². The maximum Gasteiger partial charge on any atom is 1.00 e. The van der Waals surface area contributed by atoms with Gasteiger partial charge in [-0.25, -0.2) is 0 Å². The first-order chi connectivity index (χ1) is 2.00. The van der Waals surface area contributed by atoms with E-state index < -0.39 is 5.60 Å². The quantitative estimate of drug-likeness (QED) is 0.332. The Hall–Kier alpha value is 0.557. The summed E-state index contributed by atoms with van der Waals surface area (Å²) in [5.41, 5.74) is -0.500. The van der Waals surface area contributed by atoms with E-state index in [0.717, 1.165) is 0 Å². The van der Waals surface area contributed by atoms with Crippen LogP contribution in [0.15, 0.2) is 0 Å². The van der Waals surface area contributed by atoms with Crippen molar-refractivity contribution in [3.05, 3.63) is 0 Å². The zero-order chi connectivity index (χ0) is 4.50. The minimum absolute atomic E-state index is 0. The third-order valence-electron chi connectivity index (χ3n) is 0. The summed E-state index contributed by atoms with van der Waals surface area (Å²) >= 11 is 0. The van der Waals surface area contributed by atoms with Gasteiger partial charge in [0.25, 0.3) is 0 Å². The van der Waals surface area contributed by atoms with Crippen LogP contribution in [0.1, 0.15) is 22.2 Å². The largest absolute Gasteiger partial charge is 1.00 e. The molecule has 0 amide bonds. The molecule has 0 saturated heterocycles. The van der Waals surface area contributed by atoms with Gasteiger partial charge in [-0.2, -0.15) is 0 Å². The Morgan fingerprint density at radius 2 is 1.33 bits per heavy atom. The van der Waals surface area contributed by atoms with Crippen molar-refractivity contribution >= 4 is 0 Å². The summed E-state index contributed by atoms with van der Waals surface area (Å²) in [6.07, 6.45) is 0. The Balaban J connectivity index is -0.0000000800. The second kappa shape index (κ2) is 2.68. The van der Waals surface area contributed by atoms with E-state index >= 15 is 0 Å². The van der Waals surface area contributed by atoms with Crippen molar-refractivity contribution in [1.29, 1.82) is 0 Å². The minimum atomic E-state index is -0.500. The summed E-state index contributed by atoms with van der Waals surface area (Å²) in [5, 5.41) is 8.52. The molecule has 0 spiro atoms. The normalized spacial score (nSPS) is 10.0. The summed E-state index contributed by atoms with van der Waals surface area (Å²) in [6.45, 7) is 5.23. The van der Waals surface area contributed by atoms with Crippen LogP contribution in [0.3, 0.4) is 0 Å². The first kappa shape index (κ1) is 9.75. The van der Waals surface area contributed by atoms with E-state index in [1.807, 2.05) is 0 Å². The first-order valence-electron chi connectivity index (χ1n) is 1.72. The number of hydrogen-bond donors (Lipinski definition) is 1. The molecule has 34 valence electrons. The SMILES string of the molecule is CC(C)(C)O.[H-].[Li+]. The average molecular weight is 82.1 g/mol. The van der Waals surface area contributed by atoms with Crippen LogP contribution in [0.25, 0.3) is 0 Å². The Labute approximate surface area is 52.4 Å². The van der Waals surface area contributed by atoms with Gasteiger partial charge < -0.3 is 6.53 Å². The molecule has 0 saturated carbocycles. The summed E-state index contributed by atoms with van der Waals surface area (Å²) < 4.78 is 0. The molecule has 0 rings (SSSR count). The summed E-state index contributed by atoms with van der Waals surface area (Å²) in [6, 6.07) is 0. The van der Waals surface area contributed by atoms with Gasteiger partial charge in [-0.3, -0.25) is 0 Å². The Morgan fingerprint density at radius 1 is 1.33 bits per heavy atom. The molecule has 0 fully saturated rings. The van der Waals surface area contributed by atoms with Gasteiger partial charge in [-0.05, 0) is 20.8 Å². The predicted molar refractivity (Wildman–Crippen MR) is 23.1 cm³/mol. The molecule has 0 aromatic carbocycles. The average Bonchev–Trinajstić information content (AvgIpc) is 0.722. The third kappa shape index (κ3) is 186. The van der Waals surface area contributed by atoms with Crippen molar-refractivity contribution in [2.24, 2.45) is 0 Å². The third-order valence-corrected chi connectivity index (χ3v) is 0. The molecule has 0 aromatic heterocycles. The maximum absolute atomic E-state index is 8.52. The van der Waals surface area contributed by atoms with Gasteiger partial charge in [0.1, 0.15) is 0 Å². The number of hydrogen-bond acceptors (Lipinski definition) is 1. The van der Waals surface area contributed by atoms with Crippen molar-refractivity contribution < 1.29 is 25.4 Å². The molecule has 1 N–H and O–H groups in total. The van der Waals surface area contributed by atoms with Crippen LogP contribution < -0.4 is 18.9 Å². The van der Waals surface area contributed by atoms with E-state index in [-0.39, 0.29) is 20.3 Å². The molecule has 6 heavy (non-hydrogen) atoms. The molecule has 0 unspecified atom stereocenters. The minimum Gasteiger partial charge on any atom is -1.00 e. The fourth-order valence-corrected chi connectivity index (χ4v) is 0. The topological polar surface area (TPSA) is 20.2 Å². The predicted octanol–water partition coefficient (Wildman–Crippen LogP) is -2.11. The Kier molecular flexibility index (Phi) is 4.36. The van der Waals surface area contributed by atoms with Crippen LogP contribution >= 0.6 is 0 Å². The van der Waals surface area contributed by atoms with Crippen LogP contribution in [0.5, 0.6) is 0 Å². The molecule has 0 aliphatic carbocycles. The van der Waals surface area contributed by atoms with Crippen LogP contribution in [0.2, 0.25) is 0 Å². The van der Waals surface area contributed by atoms with Crippen LogP contribution in [-0.4, -0.2) is 10.7 Å². The van der Waals surface area contributed by atoms with E-state index in [1.165, 1.54) is 0 Å². The van der Waals surface area contributed by atoms with E-state index in [0.29, 0.717) is 0 Å². The van der Waals surface area contributed by atoms with Gasteiger partial charge in [0.15, 0.2) is 0 Å². The van der Waals surface area contributed by atoms with Crippen molar-refractivity contribution in [2.45, 2.75) is 26.4 Å². The maximum atomic E-state index is 8.52. The molecule has 0 aromatic rings. The van der Waals surface area contributed by atoms with Gasteiger partial charge in [0, 0.05) is 0 Å². The van der Waals surface area contributed by atoms with Gasteiger partial charge in [-0.1, -0.05) is 0 Å². The zero-order valence-corrected chi connectivity index (χ0v) is 4.95. The van der Waals surface area contributed by atoms with Crippen molar-refractivity contribution in [1.82, 2.24) is 0 Å². The van der Waals surface area contributed by atoms with Crippen LogP contribution in [0, 0.1) is 0 Å². The van der Waals surface area contributed by atoms with E-state index in [9.17, 15) is 0 Å². The smallest absolute Gasteiger partial charge is 1.00 e. The number of rotatable bonds is 0. The number of aliphatic hydroxyl groups is 1. The summed E-state index contributed by atoms with van der Waals surface area (Å²) in [7, 11) is 0. The second-order valence-corrected chi connectivity index (χ2v) is 2.17. The van der Waals surface area contributed by atoms with Crippen molar-refractivity contribution in [3.8, 4) is 0 Å². The van der Waals surface area contributed by atoms with Gasteiger partial charge in [0.05, 0.1) is 5.60 Å². The summed E-state index contributed by atoms with van der Waals surface area (Å²) in [4.78, 5) is 0. The molecule has 0 aliphatic rings. The molecule has 0 heterocycles. The van der Waals surface area contributed by atoms with Gasteiger partial charge in [-0.15, -0.1) is 0 Å². The van der Waals surface area contributed by atoms with Gasteiger partial charge in [0.2, 0.25) is 0 Å². The van der Waals surface area contributed by atoms with Crippen molar-refractivity contribution in [2.75, 3.05) is 0 Å². The molecule has 0 atom stereocenters. The first-order valence-corrected chi connectivity index (χ1v) is 1.72. The molecular formula is C4H11LiO. The molecular weight excluding hydrogens is 71.0 g/mol. The van der Waals surface area contributed by atoms with Crippen LogP contribution in [-0.2, 0) is 0 Å². The fourth-order valence-electron chi connectivity index (χ4n) is 0. The second-order valence-electron chi connectivity index (χ2n) is 2.17. The Morgan fingerprint density at radius 3 is 1.33 bits per heavy atom. The van der Waals surface area contributed by atoms with Gasteiger partial charge >= 0.3 is 18.9 Å². The molecule has 0 radical (unpaired) electrons. The molecule has 0 aliphatic heterocycles. The Bertz CT molecular complexity index is 27.2. The molecule has 0 bridgehead atoms. The van der Waals surface area contributed by atoms with Crippen molar-refractivity contribution in [3.63, 3.8) is 0 Å². The van der Waals surface area contributed by atoms with Crippen LogP contribution in [0.4, 0.5) is 0 Å². The monoisotopic (exact) mass is 82.1 g/mol. The molecule has 1 nitrogen and oxygen atoms in total. The zero-order valence-electron chi connectivity index (χ0n) is 5.95. The fraction of sp³-hybridized carbons (Fsp3) is 1.00. The standard InChI is InChI=1S/C4H10O.Li.H/c1-4(2,3)5;;/h5H,1-3H3;;/q;+1;-1. The van der Waals surface area contributed by atoms with E-state index in [2.05, 4.69) is 0 Å². The summed E-state index contributed by atoms with van der Waals surface area (Å²) in [5.74, 6) is 0. The van der Waals surface area contributed by atoms with E-state index in [4.69, 9.17) is 5.11 Å².